The second kappa shape index (κ2) is 8.71. The van der Waals surface area contributed by atoms with Crippen LogP contribution < -0.4 is 11.1 Å². The minimum Gasteiger partial charge on any atom is -0.370 e. The summed E-state index contributed by atoms with van der Waals surface area (Å²) in [5, 5.41) is 2.94. The number of hydrogen-bond donors (Lipinski definition) is 2. The summed E-state index contributed by atoms with van der Waals surface area (Å²) in [6, 6.07) is 7.82. The van der Waals surface area contributed by atoms with Gasteiger partial charge < -0.3 is 16.0 Å². The number of nitrogens with two attached hydrogens (primary N) is 1. The van der Waals surface area contributed by atoms with Crippen molar-refractivity contribution < 1.29 is 4.79 Å². The molecule has 0 radical (unpaired) electrons. The van der Waals surface area contributed by atoms with E-state index in [0.29, 0.717) is 30.8 Å². The van der Waals surface area contributed by atoms with Crippen molar-refractivity contribution in [2.24, 2.45) is 22.6 Å². The van der Waals surface area contributed by atoms with Crippen molar-refractivity contribution in [3.8, 4) is 0 Å². The number of aliphatic imine (C=N–C) groups is 1. The van der Waals surface area contributed by atoms with E-state index in [1.165, 1.54) is 12.8 Å². The van der Waals surface area contributed by atoms with Crippen LogP contribution in [0.3, 0.4) is 0 Å². The van der Waals surface area contributed by atoms with Gasteiger partial charge in [0, 0.05) is 25.2 Å². The zero-order chi connectivity index (χ0) is 17.5. The molecule has 0 bridgehead atoms. The number of amides is 1. The average Bonchev–Trinajstić information content (AvgIpc) is 2.52. The molecule has 5 nitrogen and oxygen atoms in total. The standard InChI is InChI=1S/C19H30N4O/c1-14(2)10-18(24)22-17-8-4-7-16(11-17)12-21-19(20)23-9-5-6-15(3)13-23/h4,7-8,11,14-15H,5-6,9-10,12-13H2,1-3H3,(H2,20,21)(H,22,24). The van der Waals surface area contributed by atoms with Crippen LogP contribution in [0.4, 0.5) is 5.69 Å². The summed E-state index contributed by atoms with van der Waals surface area (Å²) in [7, 11) is 0. The average molecular weight is 330 g/mol. The molecule has 1 heterocycles. The Kier molecular flexibility index (Phi) is 6.64. The molecule has 1 aromatic carbocycles. The van der Waals surface area contributed by atoms with Gasteiger partial charge in [-0.1, -0.05) is 32.9 Å². The third-order valence-corrected chi connectivity index (χ3v) is 4.21. The third kappa shape index (κ3) is 5.87. The van der Waals surface area contributed by atoms with Crippen LogP contribution in [-0.4, -0.2) is 29.9 Å². The van der Waals surface area contributed by atoms with Gasteiger partial charge in [0.15, 0.2) is 5.96 Å². The summed E-state index contributed by atoms with van der Waals surface area (Å²) in [4.78, 5) is 18.6. The van der Waals surface area contributed by atoms with Gasteiger partial charge in [-0.25, -0.2) is 4.99 Å². The van der Waals surface area contributed by atoms with Gasteiger partial charge in [-0.15, -0.1) is 0 Å². The van der Waals surface area contributed by atoms with Crippen LogP contribution in [0.5, 0.6) is 0 Å². The zero-order valence-electron chi connectivity index (χ0n) is 15.1. The van der Waals surface area contributed by atoms with Gasteiger partial charge in [0.05, 0.1) is 6.54 Å². The molecule has 1 aliphatic heterocycles. The number of anilines is 1. The highest BCUT2D eigenvalue weighted by Gasteiger charge is 2.17. The molecule has 1 saturated heterocycles. The Morgan fingerprint density at radius 3 is 2.96 bits per heavy atom. The monoisotopic (exact) mass is 330 g/mol. The van der Waals surface area contributed by atoms with Gasteiger partial charge in [-0.3, -0.25) is 4.79 Å². The molecular formula is C19H30N4O. The number of carbonyl (C=O) groups is 1. The van der Waals surface area contributed by atoms with Crippen LogP contribution in [0, 0.1) is 11.8 Å². The van der Waals surface area contributed by atoms with Gasteiger partial charge in [0.2, 0.25) is 5.91 Å². The normalized spacial score (nSPS) is 18.8. The predicted molar refractivity (Wildman–Crippen MR) is 99.8 cm³/mol. The Morgan fingerprint density at radius 2 is 2.25 bits per heavy atom. The van der Waals surface area contributed by atoms with Crippen molar-refractivity contribution in [2.45, 2.75) is 46.6 Å². The Morgan fingerprint density at radius 1 is 1.46 bits per heavy atom. The number of piperidine rings is 1. The van der Waals surface area contributed by atoms with Crippen LogP contribution >= 0.6 is 0 Å². The highest BCUT2D eigenvalue weighted by atomic mass is 16.1. The van der Waals surface area contributed by atoms with Crippen molar-refractivity contribution in [2.75, 3.05) is 18.4 Å². The summed E-state index contributed by atoms with van der Waals surface area (Å²) < 4.78 is 0. The van der Waals surface area contributed by atoms with E-state index in [1.54, 1.807) is 0 Å². The molecule has 1 fully saturated rings. The fraction of sp³-hybridized carbons (Fsp3) is 0.579. The maximum Gasteiger partial charge on any atom is 0.224 e. The molecule has 24 heavy (non-hydrogen) atoms. The van der Waals surface area contributed by atoms with Crippen molar-refractivity contribution >= 4 is 17.6 Å². The number of hydrogen-bond acceptors (Lipinski definition) is 2. The molecule has 5 heteroatoms. The Balaban J connectivity index is 1.93. The van der Waals surface area contributed by atoms with Crippen molar-refractivity contribution in [3.05, 3.63) is 29.8 Å². The molecule has 132 valence electrons. The summed E-state index contributed by atoms with van der Waals surface area (Å²) in [6.45, 7) is 8.84. The van der Waals surface area contributed by atoms with Crippen LogP contribution in [-0.2, 0) is 11.3 Å². The van der Waals surface area contributed by atoms with E-state index in [0.717, 1.165) is 24.3 Å². The molecule has 1 aliphatic rings. The second-order valence-electron chi connectivity index (χ2n) is 7.21. The molecule has 0 saturated carbocycles. The van der Waals surface area contributed by atoms with Crippen LogP contribution in [0.25, 0.3) is 0 Å². The van der Waals surface area contributed by atoms with E-state index in [4.69, 9.17) is 5.73 Å². The minimum absolute atomic E-state index is 0.0486. The topological polar surface area (TPSA) is 70.7 Å². The molecule has 0 aromatic heterocycles. The molecule has 1 aromatic rings. The first-order chi connectivity index (χ1) is 11.4. The van der Waals surface area contributed by atoms with Gasteiger partial charge in [-0.2, -0.15) is 0 Å². The van der Waals surface area contributed by atoms with Gasteiger partial charge >= 0.3 is 0 Å². The summed E-state index contributed by atoms with van der Waals surface area (Å²) in [5.74, 6) is 1.69. The number of nitrogens with zero attached hydrogens (tertiary/aromatic N) is 2. The largest absolute Gasteiger partial charge is 0.370 e. The lowest BCUT2D eigenvalue weighted by atomic mass is 10.0. The number of carbonyl (C=O) groups excluding carboxylic acids is 1. The molecule has 0 aliphatic carbocycles. The highest BCUT2D eigenvalue weighted by Crippen LogP contribution is 2.16. The lowest BCUT2D eigenvalue weighted by molar-refractivity contribution is -0.116. The van der Waals surface area contributed by atoms with Crippen LogP contribution in [0.2, 0.25) is 0 Å². The quantitative estimate of drug-likeness (QED) is 0.643. The number of rotatable bonds is 5. The Hall–Kier alpha value is -2.04. The molecule has 0 spiro atoms. The lowest BCUT2D eigenvalue weighted by Gasteiger charge is -2.31. The van der Waals surface area contributed by atoms with Crippen molar-refractivity contribution in [1.29, 1.82) is 0 Å². The highest BCUT2D eigenvalue weighted by molar-refractivity contribution is 5.90. The first-order valence-corrected chi connectivity index (χ1v) is 8.87. The first-order valence-electron chi connectivity index (χ1n) is 8.87. The second-order valence-corrected chi connectivity index (χ2v) is 7.21. The molecule has 2 rings (SSSR count). The first kappa shape index (κ1) is 18.3. The summed E-state index contributed by atoms with van der Waals surface area (Å²) in [6.07, 6.45) is 2.97. The fourth-order valence-corrected chi connectivity index (χ4v) is 3.00. The lowest BCUT2D eigenvalue weighted by Crippen LogP contribution is -2.43. The molecule has 1 amide bonds. The number of benzene rings is 1. The van der Waals surface area contributed by atoms with E-state index in [-0.39, 0.29) is 5.91 Å². The molecule has 1 atom stereocenters. The van der Waals surface area contributed by atoms with E-state index in [2.05, 4.69) is 22.1 Å². The maximum atomic E-state index is 11.9. The van der Waals surface area contributed by atoms with Gasteiger partial charge in [0.25, 0.3) is 0 Å². The number of guanidine groups is 1. The molecule has 3 N–H and O–H groups in total. The maximum absolute atomic E-state index is 11.9. The summed E-state index contributed by atoms with van der Waals surface area (Å²) in [5.41, 5.74) is 8.00. The minimum atomic E-state index is 0.0486. The Labute approximate surface area is 145 Å². The zero-order valence-corrected chi connectivity index (χ0v) is 15.1. The van der Waals surface area contributed by atoms with Gasteiger partial charge in [0.1, 0.15) is 0 Å². The van der Waals surface area contributed by atoms with Gasteiger partial charge in [-0.05, 0) is 42.4 Å². The van der Waals surface area contributed by atoms with Crippen LogP contribution in [0.1, 0.15) is 45.6 Å². The molecule has 1 unspecified atom stereocenters. The molecular weight excluding hydrogens is 300 g/mol. The number of likely N-dealkylation sites (tertiary alicyclic amines) is 1. The van der Waals surface area contributed by atoms with Crippen molar-refractivity contribution in [1.82, 2.24) is 4.90 Å². The van der Waals surface area contributed by atoms with E-state index < -0.39 is 0 Å². The van der Waals surface area contributed by atoms with E-state index >= 15 is 0 Å². The van der Waals surface area contributed by atoms with Crippen molar-refractivity contribution in [3.63, 3.8) is 0 Å². The van der Waals surface area contributed by atoms with E-state index in [9.17, 15) is 4.79 Å². The van der Waals surface area contributed by atoms with Crippen LogP contribution in [0.15, 0.2) is 29.3 Å². The smallest absolute Gasteiger partial charge is 0.224 e. The Bertz CT molecular complexity index is 582. The predicted octanol–water partition coefficient (Wildman–Crippen LogP) is 3.22. The van der Waals surface area contributed by atoms with E-state index in [1.807, 2.05) is 38.1 Å². The summed E-state index contributed by atoms with van der Waals surface area (Å²) >= 11 is 0. The fourth-order valence-electron chi connectivity index (χ4n) is 3.00. The number of nitrogens with one attached hydrogen (secondary N) is 1. The third-order valence-electron chi connectivity index (χ3n) is 4.21. The SMILES string of the molecule is CC(C)CC(=O)Nc1cccc(CN=C(N)N2CCCC(C)C2)c1.